The number of benzene rings is 1. The third kappa shape index (κ3) is 2.87. The number of rotatable bonds is 4. The molecule has 2 atom stereocenters. The summed E-state index contributed by atoms with van der Waals surface area (Å²) in [5, 5.41) is 0. The highest BCUT2D eigenvalue weighted by Gasteiger charge is 2.36. The lowest BCUT2D eigenvalue weighted by Gasteiger charge is -2.09. The Bertz CT molecular complexity index is 612. The minimum absolute atomic E-state index is 0.0146. The van der Waals surface area contributed by atoms with Gasteiger partial charge in [0, 0.05) is 6.04 Å². The quantitative estimate of drug-likeness (QED) is 0.627. The van der Waals surface area contributed by atoms with Gasteiger partial charge >= 0.3 is 5.97 Å². The number of hydrogen-bond acceptors (Lipinski definition) is 5. The summed E-state index contributed by atoms with van der Waals surface area (Å²) in [6, 6.07) is 3.98. The zero-order valence-corrected chi connectivity index (χ0v) is 11.5. The molecule has 0 aliphatic heterocycles. The highest BCUT2D eigenvalue weighted by molar-refractivity contribution is 7.89. The van der Waals surface area contributed by atoms with Crippen LogP contribution in [0.2, 0.25) is 0 Å². The molecule has 1 saturated carbocycles. The van der Waals surface area contributed by atoms with Crippen LogP contribution in [-0.4, -0.2) is 27.5 Å². The Morgan fingerprint density at radius 2 is 2.11 bits per heavy atom. The van der Waals surface area contributed by atoms with Crippen LogP contribution in [0.5, 0.6) is 0 Å². The van der Waals surface area contributed by atoms with Crippen molar-refractivity contribution >= 4 is 21.7 Å². The summed E-state index contributed by atoms with van der Waals surface area (Å²) in [5.74, 6) is -0.204. The van der Waals surface area contributed by atoms with E-state index in [1.54, 1.807) is 0 Å². The second-order valence-electron chi connectivity index (χ2n) is 4.68. The smallest absolute Gasteiger partial charge is 0.337 e. The van der Waals surface area contributed by atoms with Crippen LogP contribution in [0.1, 0.15) is 23.7 Å². The molecular weight excluding hydrogens is 268 g/mol. The van der Waals surface area contributed by atoms with Gasteiger partial charge in [-0.25, -0.2) is 17.9 Å². The van der Waals surface area contributed by atoms with Gasteiger partial charge in [-0.15, -0.1) is 0 Å². The molecule has 1 aliphatic rings. The van der Waals surface area contributed by atoms with Crippen molar-refractivity contribution in [3.05, 3.63) is 23.8 Å². The summed E-state index contributed by atoms with van der Waals surface area (Å²) in [6.07, 6.45) is 0.833. The molecule has 104 valence electrons. The molecule has 2 rings (SSSR count). The lowest BCUT2D eigenvalue weighted by Crippen LogP contribution is -2.27. The molecule has 1 fully saturated rings. The molecule has 0 spiro atoms. The maximum Gasteiger partial charge on any atom is 0.337 e. The molecule has 1 aromatic carbocycles. The number of anilines is 1. The minimum Gasteiger partial charge on any atom is -0.465 e. The maximum absolute atomic E-state index is 12.1. The number of hydrogen-bond donors (Lipinski definition) is 2. The van der Waals surface area contributed by atoms with Crippen LogP contribution in [0.3, 0.4) is 0 Å². The molecule has 6 nitrogen and oxygen atoms in total. The van der Waals surface area contributed by atoms with Crippen LogP contribution in [0.25, 0.3) is 0 Å². The van der Waals surface area contributed by atoms with Crippen molar-refractivity contribution in [2.75, 3.05) is 12.8 Å². The summed E-state index contributed by atoms with van der Waals surface area (Å²) in [5.41, 5.74) is 5.96. The lowest BCUT2D eigenvalue weighted by atomic mass is 10.2. The topological polar surface area (TPSA) is 98.5 Å². The lowest BCUT2D eigenvalue weighted by molar-refractivity contribution is 0.0600. The van der Waals surface area contributed by atoms with Crippen molar-refractivity contribution in [1.82, 2.24) is 4.72 Å². The molecule has 19 heavy (non-hydrogen) atoms. The van der Waals surface area contributed by atoms with Gasteiger partial charge in [-0.2, -0.15) is 0 Å². The largest absolute Gasteiger partial charge is 0.465 e. The zero-order valence-electron chi connectivity index (χ0n) is 10.7. The number of carbonyl (C=O) groups is 1. The van der Waals surface area contributed by atoms with E-state index in [0.29, 0.717) is 5.92 Å². The first-order valence-electron chi connectivity index (χ1n) is 5.85. The summed E-state index contributed by atoms with van der Waals surface area (Å²) >= 11 is 0. The van der Waals surface area contributed by atoms with Crippen LogP contribution in [0.4, 0.5) is 5.69 Å². The number of nitrogen functional groups attached to an aromatic ring is 1. The fourth-order valence-electron chi connectivity index (χ4n) is 1.79. The average Bonchev–Trinajstić information content (AvgIpc) is 3.02. The Morgan fingerprint density at radius 1 is 1.47 bits per heavy atom. The van der Waals surface area contributed by atoms with Crippen molar-refractivity contribution < 1.29 is 17.9 Å². The number of nitrogens with one attached hydrogen (secondary N) is 1. The Morgan fingerprint density at radius 3 is 2.58 bits per heavy atom. The Kier molecular flexibility index (Phi) is 3.51. The summed E-state index contributed by atoms with van der Waals surface area (Å²) in [7, 11) is -2.39. The van der Waals surface area contributed by atoms with Crippen molar-refractivity contribution in [3.8, 4) is 0 Å². The van der Waals surface area contributed by atoms with Crippen LogP contribution in [0.15, 0.2) is 23.1 Å². The molecule has 1 aromatic rings. The Hall–Kier alpha value is -1.60. The van der Waals surface area contributed by atoms with E-state index in [1.807, 2.05) is 6.92 Å². The van der Waals surface area contributed by atoms with E-state index < -0.39 is 16.0 Å². The van der Waals surface area contributed by atoms with Gasteiger partial charge in [0.25, 0.3) is 0 Å². The number of methoxy groups -OCH3 is 1. The van der Waals surface area contributed by atoms with Crippen LogP contribution >= 0.6 is 0 Å². The van der Waals surface area contributed by atoms with E-state index in [1.165, 1.54) is 25.3 Å². The molecule has 2 unspecified atom stereocenters. The van der Waals surface area contributed by atoms with Gasteiger partial charge in [-0.1, -0.05) is 6.92 Å². The second kappa shape index (κ2) is 4.82. The molecule has 0 heterocycles. The summed E-state index contributed by atoms with van der Waals surface area (Å²) < 4.78 is 31.3. The molecule has 0 aromatic heterocycles. The number of nitrogens with two attached hydrogens (primary N) is 1. The van der Waals surface area contributed by atoms with E-state index >= 15 is 0 Å². The van der Waals surface area contributed by atoms with Gasteiger partial charge in [0.05, 0.1) is 18.4 Å². The van der Waals surface area contributed by atoms with E-state index in [-0.39, 0.29) is 22.2 Å². The van der Waals surface area contributed by atoms with Crippen molar-refractivity contribution in [3.63, 3.8) is 0 Å². The van der Waals surface area contributed by atoms with Gasteiger partial charge in [0.2, 0.25) is 10.0 Å². The molecule has 7 heteroatoms. The van der Waals surface area contributed by atoms with Crippen LogP contribution < -0.4 is 10.5 Å². The monoisotopic (exact) mass is 284 g/mol. The number of carbonyl (C=O) groups excluding carboxylic acids is 1. The van der Waals surface area contributed by atoms with E-state index in [9.17, 15) is 13.2 Å². The van der Waals surface area contributed by atoms with Crippen LogP contribution in [-0.2, 0) is 14.8 Å². The predicted octanol–water partition coefficient (Wildman–Crippen LogP) is 0.742. The fraction of sp³-hybridized carbons (Fsp3) is 0.417. The molecule has 3 N–H and O–H groups in total. The Balaban J connectivity index is 2.27. The first kappa shape index (κ1) is 13.8. The average molecular weight is 284 g/mol. The van der Waals surface area contributed by atoms with Gasteiger partial charge in [0.1, 0.15) is 4.90 Å². The molecule has 0 amide bonds. The molecule has 1 aliphatic carbocycles. The highest BCUT2D eigenvalue weighted by atomic mass is 32.2. The molecular formula is C12H16N2O4S. The van der Waals surface area contributed by atoms with E-state index in [0.717, 1.165) is 6.42 Å². The Labute approximate surface area is 112 Å². The maximum atomic E-state index is 12.1. The predicted molar refractivity (Wildman–Crippen MR) is 70.1 cm³/mol. The molecule has 0 radical (unpaired) electrons. The van der Waals surface area contributed by atoms with Gasteiger partial charge in [-0.05, 0) is 30.5 Å². The van der Waals surface area contributed by atoms with Crippen molar-refractivity contribution in [2.45, 2.75) is 24.3 Å². The normalized spacial score (nSPS) is 22.0. The number of ether oxygens (including phenoxy) is 1. The summed E-state index contributed by atoms with van der Waals surface area (Å²) in [4.78, 5) is 11.3. The standard InChI is InChI=1S/C12H16N2O4S/c1-7-5-10(7)14-19(16,17)11-4-3-8(6-9(11)13)12(15)18-2/h3-4,6-7,10,14H,5,13H2,1-2H3. The van der Waals surface area contributed by atoms with E-state index in [2.05, 4.69) is 9.46 Å². The van der Waals surface area contributed by atoms with Crippen molar-refractivity contribution in [1.29, 1.82) is 0 Å². The summed E-state index contributed by atoms with van der Waals surface area (Å²) in [6.45, 7) is 1.97. The van der Waals surface area contributed by atoms with Gasteiger partial charge in [-0.3, -0.25) is 0 Å². The minimum atomic E-state index is -3.64. The third-order valence-corrected chi connectivity index (χ3v) is 4.70. The molecule has 0 bridgehead atoms. The third-order valence-electron chi connectivity index (χ3n) is 3.14. The first-order valence-corrected chi connectivity index (χ1v) is 7.33. The second-order valence-corrected chi connectivity index (χ2v) is 6.37. The number of sulfonamides is 1. The SMILES string of the molecule is COC(=O)c1ccc(S(=O)(=O)NC2CC2C)c(N)c1. The zero-order chi connectivity index (χ0) is 14.2. The number of esters is 1. The van der Waals surface area contributed by atoms with Gasteiger partial charge in [0.15, 0.2) is 0 Å². The first-order chi connectivity index (χ1) is 8.85. The van der Waals surface area contributed by atoms with E-state index in [4.69, 9.17) is 5.73 Å². The highest BCUT2D eigenvalue weighted by Crippen LogP contribution is 2.31. The van der Waals surface area contributed by atoms with Crippen LogP contribution in [0, 0.1) is 5.92 Å². The molecule has 0 saturated heterocycles. The fourth-order valence-corrected chi connectivity index (χ4v) is 3.26. The van der Waals surface area contributed by atoms with Crippen molar-refractivity contribution in [2.24, 2.45) is 5.92 Å². The van der Waals surface area contributed by atoms with Gasteiger partial charge < -0.3 is 10.5 Å².